The van der Waals surface area contributed by atoms with E-state index >= 15 is 0 Å². The first-order valence-electron chi connectivity index (χ1n) is 7.33. The smallest absolute Gasteiger partial charge is 0.143 e. The average molecular weight is 347 g/mol. The Morgan fingerprint density at radius 1 is 1.35 bits per heavy atom. The van der Waals surface area contributed by atoms with E-state index in [4.69, 9.17) is 0 Å². The van der Waals surface area contributed by atoms with E-state index in [9.17, 15) is 13.9 Å². The van der Waals surface area contributed by atoms with Crippen LogP contribution in [-0.4, -0.2) is 11.2 Å². The van der Waals surface area contributed by atoms with Gasteiger partial charge in [0, 0.05) is 12.0 Å². The van der Waals surface area contributed by atoms with Gasteiger partial charge in [0.25, 0.3) is 0 Å². The number of hydrogen-bond donors (Lipinski definition) is 1. The van der Waals surface area contributed by atoms with Gasteiger partial charge in [-0.2, -0.15) is 0 Å². The third kappa shape index (κ3) is 3.59. The van der Waals surface area contributed by atoms with Gasteiger partial charge in [0.2, 0.25) is 0 Å². The van der Waals surface area contributed by atoms with E-state index in [1.807, 2.05) is 0 Å². The molecule has 1 saturated carbocycles. The van der Waals surface area contributed by atoms with Gasteiger partial charge in [0.1, 0.15) is 11.6 Å². The molecule has 1 fully saturated rings. The lowest BCUT2D eigenvalue weighted by Crippen LogP contribution is -2.29. The van der Waals surface area contributed by atoms with Gasteiger partial charge >= 0.3 is 0 Å². The summed E-state index contributed by atoms with van der Waals surface area (Å²) in [5.74, 6) is -0.369. The second-order valence-electron chi connectivity index (χ2n) is 5.79. The highest BCUT2D eigenvalue weighted by atomic mass is 79.9. The predicted molar refractivity (Wildman–Crippen MR) is 79.5 cm³/mol. The molecule has 2 rings (SSSR count). The van der Waals surface area contributed by atoms with Gasteiger partial charge in [-0.05, 0) is 52.7 Å². The molecule has 4 heteroatoms. The van der Waals surface area contributed by atoms with Crippen LogP contribution in [-0.2, 0) is 6.42 Å². The van der Waals surface area contributed by atoms with Gasteiger partial charge in [-0.1, -0.05) is 26.2 Å². The zero-order chi connectivity index (χ0) is 14.7. The number of aliphatic hydroxyl groups is 1. The fourth-order valence-corrected chi connectivity index (χ4v) is 3.56. The third-order valence-electron chi connectivity index (χ3n) is 4.50. The summed E-state index contributed by atoms with van der Waals surface area (Å²) in [6, 6.07) is 2.60. The van der Waals surface area contributed by atoms with Gasteiger partial charge in [-0.25, -0.2) is 8.78 Å². The van der Waals surface area contributed by atoms with E-state index in [1.165, 1.54) is 18.6 Å². The van der Waals surface area contributed by atoms with Gasteiger partial charge in [-0.3, -0.25) is 0 Å². The van der Waals surface area contributed by atoms with E-state index in [1.54, 1.807) is 0 Å². The Morgan fingerprint density at radius 3 is 2.80 bits per heavy atom. The maximum absolute atomic E-state index is 13.9. The number of aliphatic hydroxyl groups excluding tert-OH is 1. The summed E-state index contributed by atoms with van der Waals surface area (Å²) in [6.45, 7) is 2.16. The molecule has 0 spiro atoms. The predicted octanol–water partition coefficient (Wildman–Crippen LogP) is 4.85. The third-order valence-corrected chi connectivity index (χ3v) is 5.11. The van der Waals surface area contributed by atoms with Crippen LogP contribution in [0.5, 0.6) is 0 Å². The molecule has 1 nitrogen and oxygen atoms in total. The minimum atomic E-state index is -0.664. The number of rotatable bonds is 4. The lowest BCUT2D eigenvalue weighted by molar-refractivity contribution is 0.0671. The molecule has 20 heavy (non-hydrogen) atoms. The fraction of sp³-hybridized carbons (Fsp3) is 0.625. The molecule has 1 aliphatic carbocycles. The Balaban J connectivity index is 2.08. The van der Waals surface area contributed by atoms with Crippen molar-refractivity contribution in [3.05, 3.63) is 33.8 Å². The minimum Gasteiger partial charge on any atom is -0.392 e. The Kier molecular flexibility index (Phi) is 5.56. The molecule has 112 valence electrons. The van der Waals surface area contributed by atoms with Crippen molar-refractivity contribution >= 4 is 15.9 Å². The zero-order valence-electron chi connectivity index (χ0n) is 11.7. The molecule has 0 radical (unpaired) electrons. The minimum absolute atomic E-state index is 0.00880. The summed E-state index contributed by atoms with van der Waals surface area (Å²) in [4.78, 5) is 0. The molecule has 0 aliphatic heterocycles. The second-order valence-corrected chi connectivity index (χ2v) is 6.65. The molecule has 3 atom stereocenters. The first kappa shape index (κ1) is 15.9. The Labute approximate surface area is 127 Å². The van der Waals surface area contributed by atoms with Crippen molar-refractivity contribution in [3.8, 4) is 0 Å². The van der Waals surface area contributed by atoms with E-state index in [2.05, 4.69) is 22.9 Å². The first-order valence-corrected chi connectivity index (χ1v) is 8.12. The van der Waals surface area contributed by atoms with E-state index in [0.717, 1.165) is 25.7 Å². The first-order chi connectivity index (χ1) is 9.52. The van der Waals surface area contributed by atoms with Crippen molar-refractivity contribution in [2.24, 2.45) is 11.8 Å². The molecular weight excluding hydrogens is 326 g/mol. The molecule has 3 unspecified atom stereocenters. The summed E-state index contributed by atoms with van der Waals surface area (Å²) in [5, 5.41) is 10.3. The topological polar surface area (TPSA) is 20.2 Å². The van der Waals surface area contributed by atoms with E-state index in [0.29, 0.717) is 5.92 Å². The average Bonchev–Trinajstić information content (AvgIpc) is 2.47. The van der Waals surface area contributed by atoms with Crippen molar-refractivity contribution in [1.29, 1.82) is 0 Å². The molecule has 0 amide bonds. The molecule has 0 bridgehead atoms. The molecule has 1 aromatic carbocycles. The van der Waals surface area contributed by atoms with Gasteiger partial charge in [0.15, 0.2) is 0 Å². The number of halogens is 3. The second kappa shape index (κ2) is 6.99. The summed E-state index contributed by atoms with van der Waals surface area (Å²) in [6.07, 6.45) is 4.73. The maximum Gasteiger partial charge on any atom is 0.143 e. The Hall–Kier alpha value is -0.480. The fourth-order valence-electron chi connectivity index (χ4n) is 3.18. The van der Waals surface area contributed by atoms with Gasteiger partial charge in [0.05, 0.1) is 10.6 Å². The Bertz CT molecular complexity index is 464. The Morgan fingerprint density at radius 2 is 2.10 bits per heavy atom. The summed E-state index contributed by atoms with van der Waals surface area (Å²) >= 11 is 3.06. The van der Waals surface area contributed by atoms with Crippen LogP contribution in [0.4, 0.5) is 8.78 Å². The maximum atomic E-state index is 13.9. The standard InChI is InChI=1S/C16H21BrF2O/c1-2-10-4-3-5-11(8-10)15(20)9-12-14(18)7-6-13(17)16(12)19/h6-7,10-11,15,20H,2-5,8-9H2,1H3. The largest absolute Gasteiger partial charge is 0.392 e. The zero-order valence-corrected chi connectivity index (χ0v) is 13.3. The van der Waals surface area contributed by atoms with Crippen LogP contribution < -0.4 is 0 Å². The van der Waals surface area contributed by atoms with Crippen LogP contribution in [0.25, 0.3) is 0 Å². The van der Waals surface area contributed by atoms with Crippen LogP contribution in [0.2, 0.25) is 0 Å². The molecular formula is C16H21BrF2O. The van der Waals surface area contributed by atoms with Gasteiger partial charge in [-0.15, -0.1) is 0 Å². The van der Waals surface area contributed by atoms with E-state index in [-0.39, 0.29) is 22.4 Å². The van der Waals surface area contributed by atoms with Crippen molar-refractivity contribution in [1.82, 2.24) is 0 Å². The van der Waals surface area contributed by atoms with Crippen molar-refractivity contribution < 1.29 is 13.9 Å². The summed E-state index contributed by atoms with van der Waals surface area (Å²) in [7, 11) is 0. The molecule has 1 N–H and O–H groups in total. The van der Waals surface area contributed by atoms with Crippen molar-refractivity contribution in [3.63, 3.8) is 0 Å². The van der Waals surface area contributed by atoms with Crippen molar-refractivity contribution in [2.45, 2.75) is 51.6 Å². The highest BCUT2D eigenvalue weighted by molar-refractivity contribution is 9.10. The summed E-state index contributed by atoms with van der Waals surface area (Å²) < 4.78 is 27.9. The lowest BCUT2D eigenvalue weighted by atomic mass is 9.76. The molecule has 1 aromatic rings. The number of benzene rings is 1. The van der Waals surface area contributed by atoms with Crippen LogP contribution in [0.15, 0.2) is 16.6 Å². The SMILES string of the molecule is CCC1CCCC(C(O)Cc2c(F)ccc(Br)c2F)C1. The van der Waals surface area contributed by atoms with Crippen LogP contribution >= 0.6 is 15.9 Å². The highest BCUT2D eigenvalue weighted by Crippen LogP contribution is 2.34. The monoisotopic (exact) mass is 346 g/mol. The van der Waals surface area contributed by atoms with Crippen LogP contribution in [0, 0.1) is 23.5 Å². The summed E-state index contributed by atoms with van der Waals surface area (Å²) in [5.41, 5.74) is -0.00880. The molecule has 0 saturated heterocycles. The number of hydrogen-bond acceptors (Lipinski definition) is 1. The van der Waals surface area contributed by atoms with E-state index < -0.39 is 17.7 Å². The molecule has 0 aromatic heterocycles. The van der Waals surface area contributed by atoms with Crippen molar-refractivity contribution in [2.75, 3.05) is 0 Å². The molecule has 1 aliphatic rings. The normalized spacial score (nSPS) is 24.6. The lowest BCUT2D eigenvalue weighted by Gasteiger charge is -2.32. The molecule has 0 heterocycles. The van der Waals surface area contributed by atoms with Gasteiger partial charge < -0.3 is 5.11 Å². The van der Waals surface area contributed by atoms with Crippen LogP contribution in [0.1, 0.15) is 44.6 Å². The quantitative estimate of drug-likeness (QED) is 0.772. The van der Waals surface area contributed by atoms with Crippen LogP contribution in [0.3, 0.4) is 0 Å². The highest BCUT2D eigenvalue weighted by Gasteiger charge is 2.28.